The number of esters is 1. The van der Waals surface area contributed by atoms with E-state index in [0.717, 1.165) is 30.3 Å². The maximum Gasteiger partial charge on any atom is 0.416 e. The van der Waals surface area contributed by atoms with Crippen molar-refractivity contribution < 1.29 is 27.5 Å². The molecule has 0 bridgehead atoms. The number of carbonyl (C=O) groups is 2. The van der Waals surface area contributed by atoms with Crippen LogP contribution in [0.1, 0.15) is 46.1 Å². The molecule has 0 fully saturated rings. The standard InChI is InChI=1S/C28H32F3N3O3S/c1-5-7-8-10-13-20(3)32-24(16-21(4)35)34(23-14-11-9-12-15-23)25-17-22(28(29,30)31)18-26(33-25)38-19-27(36)37-6-2/h7-9,11-18,32H,5-6,10,19H2,1-4H3/b8-7-,20-13+,24-16-. The average molecular weight is 548 g/mol. The highest BCUT2D eigenvalue weighted by Crippen LogP contribution is 2.37. The number of hydrogen-bond acceptors (Lipinski definition) is 7. The van der Waals surface area contributed by atoms with Gasteiger partial charge in [-0.1, -0.05) is 55.1 Å². The lowest BCUT2D eigenvalue weighted by Crippen LogP contribution is -2.29. The Morgan fingerprint density at radius 1 is 1.11 bits per heavy atom. The van der Waals surface area contributed by atoms with E-state index in [2.05, 4.69) is 10.3 Å². The van der Waals surface area contributed by atoms with Gasteiger partial charge in [0.25, 0.3) is 0 Å². The Balaban J connectivity index is 2.65. The number of nitrogens with zero attached hydrogens (tertiary/aromatic N) is 2. The molecule has 1 heterocycles. The summed E-state index contributed by atoms with van der Waals surface area (Å²) in [6.45, 7) is 6.99. The second kappa shape index (κ2) is 15.0. The molecule has 0 atom stereocenters. The number of aromatic nitrogens is 1. The first-order valence-corrected chi connectivity index (χ1v) is 13.1. The van der Waals surface area contributed by atoms with Crippen LogP contribution in [0.3, 0.4) is 0 Å². The van der Waals surface area contributed by atoms with Gasteiger partial charge in [-0.3, -0.25) is 14.5 Å². The molecule has 0 unspecified atom stereocenters. The van der Waals surface area contributed by atoms with Crippen molar-refractivity contribution in [2.45, 2.75) is 51.7 Å². The normalized spacial score (nSPS) is 12.5. The summed E-state index contributed by atoms with van der Waals surface area (Å²) in [5.74, 6) is -0.916. The molecule has 1 aromatic heterocycles. The summed E-state index contributed by atoms with van der Waals surface area (Å²) in [7, 11) is 0. The number of thioether (sulfide) groups is 1. The summed E-state index contributed by atoms with van der Waals surface area (Å²) in [5, 5.41) is 3.15. The highest BCUT2D eigenvalue weighted by molar-refractivity contribution is 7.99. The molecule has 10 heteroatoms. The van der Waals surface area contributed by atoms with Crippen LogP contribution in [0.25, 0.3) is 0 Å². The van der Waals surface area contributed by atoms with E-state index in [-0.39, 0.29) is 34.8 Å². The SMILES string of the molecule is CC/C=C\C/C=C(\C)N/C(=C/C(C)=O)N(c1ccccc1)c1cc(C(F)(F)F)cc(SCC(=O)OCC)n1. The summed E-state index contributed by atoms with van der Waals surface area (Å²) >= 11 is 0.843. The van der Waals surface area contributed by atoms with E-state index in [9.17, 15) is 22.8 Å². The fourth-order valence-corrected chi connectivity index (χ4v) is 3.98. The minimum Gasteiger partial charge on any atom is -0.465 e. The van der Waals surface area contributed by atoms with Gasteiger partial charge in [0.05, 0.1) is 22.9 Å². The zero-order chi connectivity index (χ0) is 28.1. The number of allylic oxidation sites excluding steroid dienone is 5. The summed E-state index contributed by atoms with van der Waals surface area (Å²) in [4.78, 5) is 29.9. The van der Waals surface area contributed by atoms with Crippen LogP contribution in [0.5, 0.6) is 0 Å². The number of para-hydroxylation sites is 1. The molecule has 2 rings (SSSR count). The van der Waals surface area contributed by atoms with E-state index in [4.69, 9.17) is 4.74 Å². The molecule has 0 amide bonds. The maximum absolute atomic E-state index is 13.9. The van der Waals surface area contributed by atoms with E-state index in [1.807, 2.05) is 25.2 Å². The molecular formula is C28H32F3N3O3S. The van der Waals surface area contributed by atoms with Crippen LogP contribution in [0.2, 0.25) is 0 Å². The van der Waals surface area contributed by atoms with Crippen LogP contribution < -0.4 is 10.2 Å². The molecule has 204 valence electrons. The number of alkyl halides is 3. The molecule has 0 saturated carbocycles. The van der Waals surface area contributed by atoms with Crippen molar-refractivity contribution in [3.63, 3.8) is 0 Å². The highest BCUT2D eigenvalue weighted by atomic mass is 32.2. The van der Waals surface area contributed by atoms with Crippen LogP contribution in [-0.2, 0) is 20.5 Å². The zero-order valence-corrected chi connectivity index (χ0v) is 22.7. The van der Waals surface area contributed by atoms with Gasteiger partial charge in [0.1, 0.15) is 11.6 Å². The molecule has 0 radical (unpaired) electrons. The fraction of sp³-hybridized carbons (Fsp3) is 0.321. The van der Waals surface area contributed by atoms with Gasteiger partial charge in [-0.15, -0.1) is 0 Å². The molecule has 38 heavy (non-hydrogen) atoms. The molecular weight excluding hydrogens is 515 g/mol. The molecule has 0 aliphatic heterocycles. The first-order chi connectivity index (χ1) is 18.0. The minimum absolute atomic E-state index is 0.0112. The molecule has 0 aliphatic carbocycles. The molecule has 0 saturated heterocycles. The lowest BCUT2D eigenvalue weighted by molar-refractivity contribution is -0.140. The van der Waals surface area contributed by atoms with Crippen molar-refractivity contribution in [1.29, 1.82) is 0 Å². The van der Waals surface area contributed by atoms with Crippen molar-refractivity contribution in [2.75, 3.05) is 17.3 Å². The van der Waals surface area contributed by atoms with Crippen molar-refractivity contribution in [1.82, 2.24) is 10.3 Å². The van der Waals surface area contributed by atoms with Crippen LogP contribution >= 0.6 is 11.8 Å². The van der Waals surface area contributed by atoms with Gasteiger partial charge in [0, 0.05) is 17.5 Å². The Morgan fingerprint density at radius 3 is 2.42 bits per heavy atom. The Kier molecular flexibility index (Phi) is 12.1. The number of halogens is 3. The van der Waals surface area contributed by atoms with E-state index in [1.165, 1.54) is 17.9 Å². The molecule has 2 aromatic rings. The molecule has 1 N–H and O–H groups in total. The largest absolute Gasteiger partial charge is 0.465 e. The molecule has 0 spiro atoms. The van der Waals surface area contributed by atoms with Gasteiger partial charge >= 0.3 is 12.1 Å². The topological polar surface area (TPSA) is 71.5 Å². The van der Waals surface area contributed by atoms with E-state index in [0.29, 0.717) is 17.8 Å². The monoisotopic (exact) mass is 547 g/mol. The lowest BCUT2D eigenvalue weighted by Gasteiger charge is -2.28. The van der Waals surface area contributed by atoms with Crippen molar-refractivity contribution in [3.8, 4) is 0 Å². The van der Waals surface area contributed by atoms with Crippen LogP contribution in [0, 0.1) is 0 Å². The number of carbonyl (C=O) groups excluding carboxylic acids is 2. The quantitative estimate of drug-likeness (QED) is 0.123. The van der Waals surface area contributed by atoms with E-state index >= 15 is 0 Å². The number of rotatable bonds is 13. The minimum atomic E-state index is -4.67. The molecule has 1 aromatic carbocycles. The van der Waals surface area contributed by atoms with Gasteiger partial charge in [0.2, 0.25) is 0 Å². The van der Waals surface area contributed by atoms with E-state index in [1.54, 1.807) is 44.2 Å². The fourth-order valence-electron chi connectivity index (χ4n) is 3.26. The number of benzene rings is 1. The smallest absolute Gasteiger partial charge is 0.416 e. The average Bonchev–Trinajstić information content (AvgIpc) is 2.85. The zero-order valence-electron chi connectivity index (χ0n) is 21.8. The van der Waals surface area contributed by atoms with Gasteiger partial charge in [-0.05, 0) is 57.9 Å². The number of anilines is 2. The van der Waals surface area contributed by atoms with Gasteiger partial charge < -0.3 is 10.1 Å². The number of ketones is 1. The summed E-state index contributed by atoms with van der Waals surface area (Å²) in [6.07, 6.45) is 4.10. The van der Waals surface area contributed by atoms with E-state index < -0.39 is 17.7 Å². The van der Waals surface area contributed by atoms with Gasteiger partial charge in [0.15, 0.2) is 5.78 Å². The Bertz CT molecular complexity index is 1180. The number of pyridine rings is 1. The lowest BCUT2D eigenvalue weighted by atomic mass is 10.2. The highest BCUT2D eigenvalue weighted by Gasteiger charge is 2.33. The van der Waals surface area contributed by atoms with Crippen LogP contribution in [0.15, 0.2) is 83.3 Å². The predicted octanol–water partition coefficient (Wildman–Crippen LogP) is 7.17. The van der Waals surface area contributed by atoms with Crippen molar-refractivity contribution >= 4 is 35.0 Å². The van der Waals surface area contributed by atoms with Crippen LogP contribution in [-0.4, -0.2) is 29.1 Å². The first-order valence-electron chi connectivity index (χ1n) is 12.1. The number of hydrogen-bond donors (Lipinski definition) is 1. The Morgan fingerprint density at radius 2 is 1.82 bits per heavy atom. The number of ether oxygens (including phenoxy) is 1. The second-order valence-corrected chi connectivity index (χ2v) is 9.08. The second-order valence-electron chi connectivity index (χ2n) is 8.08. The third-order valence-electron chi connectivity index (χ3n) is 4.87. The summed E-state index contributed by atoms with van der Waals surface area (Å²) < 4.78 is 46.6. The van der Waals surface area contributed by atoms with Crippen molar-refractivity contribution in [3.05, 3.63) is 83.9 Å². The van der Waals surface area contributed by atoms with Gasteiger partial charge in [-0.25, -0.2) is 4.98 Å². The molecule has 0 aliphatic rings. The Hall–Kier alpha value is -3.53. The first kappa shape index (κ1) is 30.7. The summed E-state index contributed by atoms with van der Waals surface area (Å²) in [6, 6.07) is 10.4. The molecule has 6 nitrogen and oxygen atoms in total. The summed E-state index contributed by atoms with van der Waals surface area (Å²) in [5.41, 5.74) is 0.247. The third kappa shape index (κ3) is 10.1. The van der Waals surface area contributed by atoms with Gasteiger partial charge in [-0.2, -0.15) is 13.2 Å². The van der Waals surface area contributed by atoms with Crippen molar-refractivity contribution in [2.24, 2.45) is 0 Å². The number of nitrogens with one attached hydrogen (secondary N) is 1. The third-order valence-corrected chi connectivity index (χ3v) is 5.76. The van der Waals surface area contributed by atoms with Crippen LogP contribution in [0.4, 0.5) is 24.7 Å². The predicted molar refractivity (Wildman–Crippen MR) is 145 cm³/mol. The Labute approximate surface area is 225 Å². The maximum atomic E-state index is 13.9.